The van der Waals surface area contributed by atoms with Gasteiger partial charge in [0.15, 0.2) is 5.82 Å². The number of amides is 1. The van der Waals surface area contributed by atoms with E-state index in [1.807, 2.05) is 6.07 Å². The van der Waals surface area contributed by atoms with E-state index in [-0.39, 0.29) is 11.7 Å². The van der Waals surface area contributed by atoms with Gasteiger partial charge in [-0.15, -0.1) is 10.2 Å². The van der Waals surface area contributed by atoms with E-state index in [2.05, 4.69) is 25.9 Å². The monoisotopic (exact) mass is 383 g/mol. The molecular formula is C19H21N5O4. The molecular weight excluding hydrogens is 362 g/mol. The first-order valence-corrected chi connectivity index (χ1v) is 8.53. The maximum Gasteiger partial charge on any atom is 0.235 e. The summed E-state index contributed by atoms with van der Waals surface area (Å²) in [6.07, 6.45) is 0.301. The van der Waals surface area contributed by atoms with Crippen LogP contribution in [0.2, 0.25) is 0 Å². The van der Waals surface area contributed by atoms with Crippen molar-refractivity contribution in [1.82, 2.24) is 20.6 Å². The van der Waals surface area contributed by atoms with Gasteiger partial charge in [0, 0.05) is 11.8 Å². The quantitative estimate of drug-likeness (QED) is 0.613. The van der Waals surface area contributed by atoms with Gasteiger partial charge in [-0.1, -0.05) is 11.3 Å². The van der Waals surface area contributed by atoms with Gasteiger partial charge in [-0.25, -0.2) is 0 Å². The fraction of sp³-hybridized carbons (Fsp3) is 0.263. The number of nitrogens with zero attached hydrogens (tertiary/aromatic N) is 3. The Morgan fingerprint density at radius 3 is 2.54 bits per heavy atom. The fourth-order valence-corrected chi connectivity index (χ4v) is 2.81. The molecule has 0 aliphatic carbocycles. The number of rotatable bonds is 8. The number of aromatic nitrogens is 4. The van der Waals surface area contributed by atoms with Crippen LogP contribution in [0.5, 0.6) is 17.2 Å². The summed E-state index contributed by atoms with van der Waals surface area (Å²) >= 11 is 0. The molecule has 3 rings (SSSR count). The first-order valence-electron chi connectivity index (χ1n) is 8.53. The van der Waals surface area contributed by atoms with Crippen LogP contribution in [0, 0.1) is 0 Å². The Bertz CT molecular complexity index is 930. The summed E-state index contributed by atoms with van der Waals surface area (Å²) in [5.41, 5.74) is 1.40. The second kappa shape index (κ2) is 8.85. The number of methoxy groups -OCH3 is 3. The summed E-state index contributed by atoms with van der Waals surface area (Å²) in [6.45, 7) is 0. The number of tetrazole rings is 1. The predicted octanol–water partition coefficient (Wildman–Crippen LogP) is 2.19. The molecule has 0 fully saturated rings. The molecule has 9 nitrogen and oxygen atoms in total. The zero-order chi connectivity index (χ0) is 19.9. The number of hydrogen-bond acceptors (Lipinski definition) is 7. The first-order chi connectivity index (χ1) is 13.6. The molecule has 0 radical (unpaired) electrons. The highest BCUT2D eigenvalue weighted by atomic mass is 16.5. The van der Waals surface area contributed by atoms with Gasteiger partial charge >= 0.3 is 0 Å². The minimum atomic E-state index is -0.689. The number of carbonyl (C=O) groups is 1. The lowest BCUT2D eigenvalue weighted by Gasteiger charge is -2.16. The first kappa shape index (κ1) is 19.2. The summed E-state index contributed by atoms with van der Waals surface area (Å²) < 4.78 is 15.9. The second-order valence-electron chi connectivity index (χ2n) is 5.93. The number of hydrogen-bond donors (Lipinski definition) is 2. The lowest BCUT2D eigenvalue weighted by atomic mass is 9.96. The van der Waals surface area contributed by atoms with Crippen molar-refractivity contribution in [3.63, 3.8) is 0 Å². The van der Waals surface area contributed by atoms with E-state index in [1.54, 1.807) is 57.7 Å². The minimum absolute atomic E-state index is 0.278. The van der Waals surface area contributed by atoms with Crippen molar-refractivity contribution in [3.05, 3.63) is 53.9 Å². The summed E-state index contributed by atoms with van der Waals surface area (Å²) in [6, 6.07) is 12.5. The van der Waals surface area contributed by atoms with Gasteiger partial charge in [0.1, 0.15) is 23.2 Å². The number of anilines is 1. The molecule has 0 spiro atoms. The highest BCUT2D eigenvalue weighted by molar-refractivity contribution is 5.95. The Morgan fingerprint density at radius 2 is 1.86 bits per heavy atom. The molecule has 9 heteroatoms. The standard InChI is InChI=1S/C19H21N5O4/c1-26-14-6-4-5-13(11-14)20-19(25)16(18-21-23-24-22-18)10-12-9-15(27-2)7-8-17(12)28-3/h4-9,11,16H,10H2,1-3H3,(H,20,25)(H,21,22,23,24)/t16-/m0/s1. The van der Waals surface area contributed by atoms with Gasteiger partial charge in [-0.3, -0.25) is 4.79 Å². The molecule has 0 aliphatic rings. The molecule has 1 heterocycles. The Morgan fingerprint density at radius 1 is 1.07 bits per heavy atom. The highest BCUT2D eigenvalue weighted by Crippen LogP contribution is 2.29. The molecule has 1 atom stereocenters. The average Bonchev–Trinajstić information content (AvgIpc) is 3.26. The lowest BCUT2D eigenvalue weighted by molar-refractivity contribution is -0.117. The van der Waals surface area contributed by atoms with Crippen molar-refractivity contribution in [1.29, 1.82) is 0 Å². The van der Waals surface area contributed by atoms with Crippen molar-refractivity contribution in [2.24, 2.45) is 0 Å². The minimum Gasteiger partial charge on any atom is -0.497 e. The number of H-pyrrole nitrogens is 1. The maximum atomic E-state index is 13.0. The molecule has 1 aromatic heterocycles. The van der Waals surface area contributed by atoms with Crippen LogP contribution in [0.3, 0.4) is 0 Å². The Kier molecular flexibility index (Phi) is 6.05. The van der Waals surface area contributed by atoms with E-state index >= 15 is 0 Å². The van der Waals surface area contributed by atoms with Crippen LogP contribution in [-0.4, -0.2) is 47.9 Å². The van der Waals surface area contributed by atoms with E-state index in [1.165, 1.54) is 0 Å². The topological polar surface area (TPSA) is 111 Å². The molecule has 3 aromatic rings. The van der Waals surface area contributed by atoms with Crippen LogP contribution < -0.4 is 19.5 Å². The van der Waals surface area contributed by atoms with Crippen LogP contribution in [0.15, 0.2) is 42.5 Å². The molecule has 0 saturated carbocycles. The number of aromatic amines is 1. The van der Waals surface area contributed by atoms with E-state index < -0.39 is 5.92 Å². The number of benzene rings is 2. The van der Waals surface area contributed by atoms with Crippen molar-refractivity contribution in [2.45, 2.75) is 12.3 Å². The largest absolute Gasteiger partial charge is 0.497 e. The summed E-state index contributed by atoms with van der Waals surface area (Å²) in [5, 5.41) is 16.9. The van der Waals surface area contributed by atoms with Crippen LogP contribution in [0.1, 0.15) is 17.3 Å². The van der Waals surface area contributed by atoms with Crippen molar-refractivity contribution >= 4 is 11.6 Å². The van der Waals surface area contributed by atoms with Crippen molar-refractivity contribution in [3.8, 4) is 17.2 Å². The summed E-state index contributed by atoms with van der Waals surface area (Å²) in [7, 11) is 4.72. The molecule has 2 N–H and O–H groups in total. The Balaban J connectivity index is 1.89. The molecule has 0 unspecified atom stereocenters. The normalized spacial score (nSPS) is 11.5. The van der Waals surface area contributed by atoms with Crippen molar-refractivity contribution in [2.75, 3.05) is 26.6 Å². The van der Waals surface area contributed by atoms with Gasteiger partial charge in [0.25, 0.3) is 0 Å². The van der Waals surface area contributed by atoms with Gasteiger partial charge < -0.3 is 19.5 Å². The van der Waals surface area contributed by atoms with Crippen LogP contribution in [0.4, 0.5) is 5.69 Å². The number of nitrogens with one attached hydrogen (secondary N) is 2. The third-order valence-electron chi connectivity index (χ3n) is 4.24. The Labute approximate surface area is 162 Å². The van der Waals surface area contributed by atoms with Crippen LogP contribution in [-0.2, 0) is 11.2 Å². The molecule has 146 valence electrons. The third-order valence-corrected chi connectivity index (χ3v) is 4.24. The van der Waals surface area contributed by atoms with Gasteiger partial charge in [0.05, 0.1) is 21.3 Å². The lowest BCUT2D eigenvalue weighted by Crippen LogP contribution is -2.24. The highest BCUT2D eigenvalue weighted by Gasteiger charge is 2.27. The molecule has 2 aromatic carbocycles. The van der Waals surface area contributed by atoms with E-state index in [4.69, 9.17) is 14.2 Å². The molecule has 0 saturated heterocycles. The number of ether oxygens (including phenoxy) is 3. The second-order valence-corrected chi connectivity index (χ2v) is 5.93. The SMILES string of the molecule is COc1cccc(NC(=O)[C@@H](Cc2cc(OC)ccc2OC)c2nn[nH]n2)c1. The van der Waals surface area contributed by atoms with Gasteiger partial charge in [-0.05, 0) is 42.3 Å². The number of carbonyl (C=O) groups excluding carboxylic acids is 1. The van der Waals surface area contributed by atoms with E-state index in [0.717, 1.165) is 5.56 Å². The van der Waals surface area contributed by atoms with Crippen molar-refractivity contribution < 1.29 is 19.0 Å². The zero-order valence-electron chi connectivity index (χ0n) is 15.8. The smallest absolute Gasteiger partial charge is 0.235 e. The maximum absolute atomic E-state index is 13.0. The van der Waals surface area contributed by atoms with Crippen LogP contribution >= 0.6 is 0 Å². The fourth-order valence-electron chi connectivity index (χ4n) is 2.81. The van der Waals surface area contributed by atoms with E-state index in [0.29, 0.717) is 29.4 Å². The van der Waals surface area contributed by atoms with Crippen LogP contribution in [0.25, 0.3) is 0 Å². The zero-order valence-corrected chi connectivity index (χ0v) is 15.8. The molecule has 0 bridgehead atoms. The summed E-state index contributed by atoms with van der Waals surface area (Å²) in [5.74, 6) is 1.26. The predicted molar refractivity (Wildman–Crippen MR) is 102 cm³/mol. The van der Waals surface area contributed by atoms with Gasteiger partial charge in [-0.2, -0.15) is 5.21 Å². The molecule has 28 heavy (non-hydrogen) atoms. The third kappa shape index (κ3) is 4.37. The molecule has 0 aliphatic heterocycles. The Hall–Kier alpha value is -3.62. The molecule has 1 amide bonds. The van der Waals surface area contributed by atoms with E-state index in [9.17, 15) is 4.79 Å². The average molecular weight is 383 g/mol. The summed E-state index contributed by atoms with van der Waals surface area (Å²) in [4.78, 5) is 13.0. The van der Waals surface area contributed by atoms with Gasteiger partial charge in [0.2, 0.25) is 5.91 Å².